The zero-order chi connectivity index (χ0) is 18.9. The van der Waals surface area contributed by atoms with E-state index in [9.17, 15) is 13.6 Å². The van der Waals surface area contributed by atoms with Gasteiger partial charge in [0.25, 0.3) is 0 Å². The van der Waals surface area contributed by atoms with E-state index in [1.165, 1.54) is 18.2 Å². The number of amides is 1. The number of nitrogens with zero attached hydrogens (tertiary/aromatic N) is 3. The molecule has 2 aromatic rings. The normalized spacial score (nSPS) is 21.3. The molecule has 0 radical (unpaired) electrons. The Morgan fingerprint density at radius 1 is 1.22 bits per heavy atom. The van der Waals surface area contributed by atoms with Crippen molar-refractivity contribution in [2.75, 3.05) is 13.1 Å². The lowest BCUT2D eigenvalue weighted by molar-refractivity contribution is -0.139. The molecule has 2 aliphatic rings. The van der Waals surface area contributed by atoms with Gasteiger partial charge in [-0.05, 0) is 62.6 Å². The summed E-state index contributed by atoms with van der Waals surface area (Å²) in [7, 11) is 0. The minimum absolute atomic E-state index is 0.165. The lowest BCUT2D eigenvalue weighted by atomic mass is 9.90. The Morgan fingerprint density at radius 3 is 2.67 bits per heavy atom. The highest BCUT2D eigenvalue weighted by atomic mass is 19.1. The van der Waals surface area contributed by atoms with Crippen molar-refractivity contribution < 1.29 is 13.6 Å². The predicted molar refractivity (Wildman–Crippen MR) is 97.9 cm³/mol. The molecule has 4 rings (SSSR count). The molecule has 0 N–H and O–H groups in total. The van der Waals surface area contributed by atoms with E-state index in [0.29, 0.717) is 31.8 Å². The van der Waals surface area contributed by atoms with Crippen LogP contribution < -0.4 is 0 Å². The highest BCUT2D eigenvalue weighted by Crippen LogP contribution is 2.49. The lowest BCUT2D eigenvalue weighted by Gasteiger charge is -2.35. The minimum Gasteiger partial charge on any atom is -0.342 e. The van der Waals surface area contributed by atoms with Gasteiger partial charge in [-0.2, -0.15) is 5.10 Å². The largest absolute Gasteiger partial charge is 0.342 e. The maximum absolute atomic E-state index is 13.8. The van der Waals surface area contributed by atoms with Crippen molar-refractivity contribution in [3.05, 3.63) is 53.9 Å². The second kappa shape index (κ2) is 7.41. The van der Waals surface area contributed by atoms with E-state index in [4.69, 9.17) is 0 Å². The maximum Gasteiger partial charge on any atom is 0.230 e. The van der Waals surface area contributed by atoms with Crippen LogP contribution in [-0.2, 0) is 17.8 Å². The second-order valence-corrected chi connectivity index (χ2v) is 7.98. The van der Waals surface area contributed by atoms with Crippen molar-refractivity contribution >= 4 is 5.91 Å². The minimum atomic E-state index is -0.477. The molecule has 1 aromatic heterocycles. The van der Waals surface area contributed by atoms with Gasteiger partial charge in [-0.15, -0.1) is 0 Å². The summed E-state index contributed by atoms with van der Waals surface area (Å²) < 4.78 is 29.5. The Morgan fingerprint density at radius 2 is 2.00 bits per heavy atom. The summed E-state index contributed by atoms with van der Waals surface area (Å²) in [5.41, 5.74) is -0.135. The van der Waals surface area contributed by atoms with E-state index in [-0.39, 0.29) is 16.9 Å². The number of aromatic nitrogens is 2. The van der Waals surface area contributed by atoms with Crippen LogP contribution in [0.25, 0.3) is 0 Å². The number of hydrogen-bond donors (Lipinski definition) is 0. The van der Waals surface area contributed by atoms with E-state index in [1.807, 2.05) is 21.8 Å². The van der Waals surface area contributed by atoms with Gasteiger partial charge in [-0.3, -0.25) is 9.48 Å². The van der Waals surface area contributed by atoms with E-state index in [2.05, 4.69) is 5.10 Å². The summed E-state index contributed by atoms with van der Waals surface area (Å²) in [5, 5.41) is 4.24. The number of benzene rings is 1. The molecule has 144 valence electrons. The Bertz CT molecular complexity index is 782. The van der Waals surface area contributed by atoms with Gasteiger partial charge in [0.2, 0.25) is 5.91 Å². The molecule has 2 heterocycles. The molecule has 1 saturated carbocycles. The Labute approximate surface area is 158 Å². The van der Waals surface area contributed by atoms with Crippen molar-refractivity contribution in [3.8, 4) is 0 Å². The van der Waals surface area contributed by atoms with E-state index in [0.717, 1.165) is 32.2 Å². The molecule has 27 heavy (non-hydrogen) atoms. The SMILES string of the molecule is O=C(N1CCC[C@H](CCc2c(F)cccc2F)C1)C1(Cn2cccn2)CC1. The topological polar surface area (TPSA) is 38.1 Å². The van der Waals surface area contributed by atoms with Crippen molar-refractivity contribution in [1.29, 1.82) is 0 Å². The van der Waals surface area contributed by atoms with E-state index >= 15 is 0 Å². The van der Waals surface area contributed by atoms with Gasteiger partial charge in [0.15, 0.2) is 0 Å². The standard InChI is InChI=1S/C21H25F2N3O/c22-18-5-1-6-19(23)17(18)8-7-16-4-2-12-25(14-16)20(27)21(9-10-21)15-26-13-3-11-24-26/h1,3,5-6,11,13,16H,2,4,7-10,12,14-15H2/t16-/m1/s1. The van der Waals surface area contributed by atoms with Gasteiger partial charge in [0.1, 0.15) is 11.6 Å². The van der Waals surface area contributed by atoms with Gasteiger partial charge >= 0.3 is 0 Å². The molecule has 2 fully saturated rings. The molecule has 0 unspecified atom stereocenters. The second-order valence-electron chi connectivity index (χ2n) is 7.98. The smallest absolute Gasteiger partial charge is 0.230 e. The van der Waals surface area contributed by atoms with Crippen LogP contribution >= 0.6 is 0 Å². The molecule has 6 heteroatoms. The average Bonchev–Trinajstić information content (AvgIpc) is 3.26. The first-order valence-electron chi connectivity index (χ1n) is 9.77. The van der Waals surface area contributed by atoms with Crippen LogP contribution in [0.1, 0.15) is 37.7 Å². The van der Waals surface area contributed by atoms with E-state index < -0.39 is 11.6 Å². The summed E-state index contributed by atoms with van der Waals surface area (Å²) in [4.78, 5) is 15.1. The summed E-state index contributed by atoms with van der Waals surface area (Å²) >= 11 is 0. The van der Waals surface area contributed by atoms with Crippen molar-refractivity contribution in [3.63, 3.8) is 0 Å². The summed E-state index contributed by atoms with van der Waals surface area (Å²) in [6.07, 6.45) is 8.49. The summed E-state index contributed by atoms with van der Waals surface area (Å²) in [6.45, 7) is 2.11. The first kappa shape index (κ1) is 18.1. The number of likely N-dealkylation sites (tertiary alicyclic amines) is 1. The predicted octanol–water partition coefficient (Wildman–Crippen LogP) is 3.81. The molecule has 1 atom stereocenters. The molecule has 1 aliphatic carbocycles. The number of hydrogen-bond acceptors (Lipinski definition) is 2. The average molecular weight is 373 g/mol. The number of carbonyl (C=O) groups excluding carboxylic acids is 1. The van der Waals surface area contributed by atoms with Crippen molar-refractivity contribution in [2.45, 2.75) is 45.1 Å². The zero-order valence-corrected chi connectivity index (χ0v) is 15.4. The maximum atomic E-state index is 13.8. The molecular formula is C21H25F2N3O. The van der Waals surface area contributed by atoms with Gasteiger partial charge in [-0.1, -0.05) is 6.07 Å². The van der Waals surface area contributed by atoms with Crippen LogP contribution in [0.2, 0.25) is 0 Å². The van der Waals surface area contributed by atoms with Gasteiger partial charge < -0.3 is 4.90 Å². The third-order valence-electron chi connectivity index (χ3n) is 6.00. The van der Waals surface area contributed by atoms with Crippen LogP contribution in [0.15, 0.2) is 36.7 Å². The third-order valence-corrected chi connectivity index (χ3v) is 6.00. The molecule has 1 aliphatic heterocycles. The highest BCUT2D eigenvalue weighted by Gasteiger charge is 2.52. The Kier molecular flexibility index (Phi) is 4.98. The van der Waals surface area contributed by atoms with E-state index in [1.54, 1.807) is 6.20 Å². The van der Waals surface area contributed by atoms with Crippen LogP contribution in [-0.4, -0.2) is 33.7 Å². The zero-order valence-electron chi connectivity index (χ0n) is 15.4. The first-order valence-corrected chi connectivity index (χ1v) is 9.77. The molecule has 0 spiro atoms. The number of rotatable bonds is 6. The Balaban J connectivity index is 1.36. The summed E-state index contributed by atoms with van der Waals surface area (Å²) in [5.74, 6) is -0.438. The molecular weight excluding hydrogens is 348 g/mol. The molecule has 0 bridgehead atoms. The third kappa shape index (κ3) is 3.89. The Hall–Kier alpha value is -2.24. The van der Waals surface area contributed by atoms with Gasteiger partial charge in [-0.25, -0.2) is 8.78 Å². The lowest BCUT2D eigenvalue weighted by Crippen LogP contribution is -2.45. The molecule has 1 saturated heterocycles. The van der Waals surface area contributed by atoms with Crippen LogP contribution in [0, 0.1) is 23.0 Å². The number of halogens is 2. The number of piperidine rings is 1. The van der Waals surface area contributed by atoms with Crippen LogP contribution in [0.4, 0.5) is 8.78 Å². The fourth-order valence-electron chi connectivity index (χ4n) is 4.23. The fourth-order valence-corrected chi connectivity index (χ4v) is 4.23. The monoisotopic (exact) mass is 373 g/mol. The van der Waals surface area contributed by atoms with Gasteiger partial charge in [0, 0.05) is 31.0 Å². The molecule has 1 amide bonds. The van der Waals surface area contributed by atoms with Crippen LogP contribution in [0.3, 0.4) is 0 Å². The molecule has 4 nitrogen and oxygen atoms in total. The van der Waals surface area contributed by atoms with Crippen LogP contribution in [0.5, 0.6) is 0 Å². The fraction of sp³-hybridized carbons (Fsp3) is 0.524. The summed E-state index contributed by atoms with van der Waals surface area (Å²) in [6, 6.07) is 5.88. The quantitative estimate of drug-likeness (QED) is 0.772. The number of carbonyl (C=O) groups is 1. The first-order chi connectivity index (χ1) is 13.1. The van der Waals surface area contributed by atoms with Gasteiger partial charge in [0.05, 0.1) is 12.0 Å². The van der Waals surface area contributed by atoms with Crippen molar-refractivity contribution in [1.82, 2.24) is 14.7 Å². The highest BCUT2D eigenvalue weighted by molar-refractivity contribution is 5.85. The molecule has 1 aromatic carbocycles. The van der Waals surface area contributed by atoms with Crippen molar-refractivity contribution in [2.24, 2.45) is 11.3 Å².